The van der Waals surface area contributed by atoms with Crippen LogP contribution in [0.3, 0.4) is 0 Å². The number of aromatic amines is 1. The van der Waals surface area contributed by atoms with Gasteiger partial charge in [-0.05, 0) is 6.07 Å². The van der Waals surface area contributed by atoms with Gasteiger partial charge in [0.1, 0.15) is 11.4 Å². The number of para-hydroxylation sites is 1. The number of alkyl halides is 3. The normalized spacial score (nSPS) is 11.5. The molecule has 0 bridgehead atoms. The van der Waals surface area contributed by atoms with Gasteiger partial charge >= 0.3 is 18.1 Å². The first-order chi connectivity index (χ1) is 8.80. The largest absolute Gasteiger partial charge is 0.478 e. The van der Waals surface area contributed by atoms with Crippen LogP contribution in [0.5, 0.6) is 0 Å². The van der Waals surface area contributed by atoms with Gasteiger partial charge in [0, 0.05) is 10.9 Å². The van der Waals surface area contributed by atoms with Crippen molar-refractivity contribution in [3.05, 3.63) is 29.8 Å². The van der Waals surface area contributed by atoms with Crippen molar-refractivity contribution in [2.45, 2.75) is 6.18 Å². The predicted octanol–water partition coefficient (Wildman–Crippen LogP) is 2.37. The molecule has 1 amide bonds. The molecule has 0 unspecified atom stereocenters. The van der Waals surface area contributed by atoms with Crippen molar-refractivity contribution in [1.29, 1.82) is 0 Å². The molecule has 0 fully saturated rings. The number of aromatic carboxylic acids is 1. The fraction of sp³-hybridized carbons (Fsp3) is 0.0909. The molecule has 2 aromatic rings. The Morgan fingerprint density at radius 2 is 1.84 bits per heavy atom. The first kappa shape index (κ1) is 12.9. The highest BCUT2D eigenvalue weighted by Crippen LogP contribution is 2.27. The molecule has 8 heteroatoms. The van der Waals surface area contributed by atoms with Gasteiger partial charge in [-0.15, -0.1) is 0 Å². The monoisotopic (exact) mass is 272 g/mol. The summed E-state index contributed by atoms with van der Waals surface area (Å²) in [5.41, 5.74) is -0.0921. The number of hydrogen-bond donors (Lipinski definition) is 3. The number of halogens is 3. The lowest BCUT2D eigenvalue weighted by Crippen LogP contribution is -2.30. The molecule has 3 N–H and O–H groups in total. The number of carbonyl (C=O) groups is 2. The molecule has 0 aliphatic carbocycles. The molecular weight excluding hydrogens is 265 g/mol. The molecule has 0 radical (unpaired) electrons. The molecule has 1 aromatic carbocycles. The van der Waals surface area contributed by atoms with Crippen LogP contribution in [-0.4, -0.2) is 28.1 Å². The van der Waals surface area contributed by atoms with Crippen LogP contribution in [0, 0.1) is 0 Å². The van der Waals surface area contributed by atoms with E-state index < -0.39 is 29.4 Å². The summed E-state index contributed by atoms with van der Waals surface area (Å²) in [6.45, 7) is 0. The Morgan fingerprint density at radius 1 is 1.21 bits per heavy atom. The first-order valence-corrected chi connectivity index (χ1v) is 5.03. The Bertz CT molecular complexity index is 661. The Balaban J connectivity index is 2.51. The maximum atomic E-state index is 12.1. The number of carbonyl (C=O) groups excluding carboxylic acids is 1. The van der Waals surface area contributed by atoms with Crippen molar-refractivity contribution in [2.75, 3.05) is 5.32 Å². The van der Waals surface area contributed by atoms with E-state index in [1.807, 2.05) is 0 Å². The molecule has 0 aliphatic rings. The van der Waals surface area contributed by atoms with E-state index in [0.29, 0.717) is 5.52 Å². The Hall–Kier alpha value is -2.51. The molecule has 0 saturated heterocycles. The van der Waals surface area contributed by atoms with E-state index in [0.717, 1.165) is 0 Å². The first-order valence-electron chi connectivity index (χ1n) is 5.03. The van der Waals surface area contributed by atoms with Crippen LogP contribution in [-0.2, 0) is 4.79 Å². The molecular formula is C11H7F3N2O3. The van der Waals surface area contributed by atoms with Gasteiger partial charge in [-0.3, -0.25) is 4.79 Å². The molecule has 1 aromatic heterocycles. The van der Waals surface area contributed by atoms with E-state index in [1.165, 1.54) is 23.5 Å². The minimum absolute atomic E-state index is 0.215. The van der Waals surface area contributed by atoms with Crippen LogP contribution in [0.15, 0.2) is 24.3 Å². The van der Waals surface area contributed by atoms with E-state index in [1.54, 1.807) is 6.07 Å². The van der Waals surface area contributed by atoms with Crippen LogP contribution in [0.1, 0.15) is 10.4 Å². The number of H-pyrrole nitrogens is 1. The van der Waals surface area contributed by atoms with Crippen molar-refractivity contribution >= 4 is 28.6 Å². The van der Waals surface area contributed by atoms with Crippen molar-refractivity contribution in [3.63, 3.8) is 0 Å². The Morgan fingerprint density at radius 3 is 2.42 bits per heavy atom. The van der Waals surface area contributed by atoms with Gasteiger partial charge in [0.2, 0.25) is 0 Å². The molecule has 5 nitrogen and oxygen atoms in total. The van der Waals surface area contributed by atoms with Crippen LogP contribution < -0.4 is 5.32 Å². The quantitative estimate of drug-likeness (QED) is 0.784. The van der Waals surface area contributed by atoms with Gasteiger partial charge in [-0.2, -0.15) is 13.2 Å². The maximum absolute atomic E-state index is 12.1. The highest BCUT2D eigenvalue weighted by atomic mass is 19.4. The predicted molar refractivity (Wildman–Crippen MR) is 59.9 cm³/mol. The zero-order chi connectivity index (χ0) is 14.2. The van der Waals surface area contributed by atoms with Gasteiger partial charge in [0.15, 0.2) is 0 Å². The van der Waals surface area contributed by atoms with Crippen molar-refractivity contribution < 1.29 is 27.9 Å². The van der Waals surface area contributed by atoms with Gasteiger partial charge in [-0.1, -0.05) is 18.2 Å². The number of rotatable bonds is 2. The number of carboxylic acids is 1. The minimum atomic E-state index is -5.09. The summed E-state index contributed by atoms with van der Waals surface area (Å²) < 4.78 is 36.4. The average molecular weight is 272 g/mol. The summed E-state index contributed by atoms with van der Waals surface area (Å²) in [5.74, 6) is -4.16. The Kier molecular flexibility index (Phi) is 2.93. The number of aromatic nitrogens is 1. The van der Waals surface area contributed by atoms with Gasteiger partial charge in [0.05, 0.1) is 0 Å². The maximum Gasteiger partial charge on any atom is 0.471 e. The lowest BCUT2D eigenvalue weighted by atomic mass is 10.1. The van der Waals surface area contributed by atoms with Crippen molar-refractivity contribution in [2.24, 2.45) is 0 Å². The Labute approximate surface area is 104 Å². The number of fused-ring (bicyclic) bond motifs is 1. The third kappa shape index (κ3) is 2.37. The second-order valence-corrected chi connectivity index (χ2v) is 3.68. The molecule has 0 spiro atoms. The van der Waals surface area contributed by atoms with E-state index in [9.17, 15) is 22.8 Å². The fourth-order valence-corrected chi connectivity index (χ4v) is 1.64. The molecule has 0 saturated carbocycles. The number of hydrogen-bond acceptors (Lipinski definition) is 2. The SMILES string of the molecule is O=C(O)c1c(NC(=O)C(F)(F)F)[nH]c2ccccc12. The van der Waals surface area contributed by atoms with Crippen LogP contribution in [0.4, 0.5) is 19.0 Å². The summed E-state index contributed by atoms with van der Waals surface area (Å²) in [4.78, 5) is 24.3. The summed E-state index contributed by atoms with van der Waals surface area (Å²) in [6.07, 6.45) is -5.09. The zero-order valence-electron chi connectivity index (χ0n) is 9.21. The molecule has 0 atom stereocenters. The third-order valence-electron chi connectivity index (χ3n) is 2.42. The number of amides is 1. The molecule has 19 heavy (non-hydrogen) atoms. The third-order valence-corrected chi connectivity index (χ3v) is 2.42. The molecule has 1 heterocycles. The van der Waals surface area contributed by atoms with E-state index in [2.05, 4.69) is 4.98 Å². The van der Waals surface area contributed by atoms with Crippen LogP contribution >= 0.6 is 0 Å². The molecule has 0 aliphatic heterocycles. The lowest BCUT2D eigenvalue weighted by molar-refractivity contribution is -0.167. The van der Waals surface area contributed by atoms with Crippen LogP contribution in [0.2, 0.25) is 0 Å². The van der Waals surface area contributed by atoms with Gasteiger partial charge < -0.3 is 15.4 Å². The molecule has 100 valence electrons. The fourth-order valence-electron chi connectivity index (χ4n) is 1.64. The standard InChI is InChI=1S/C11H7F3N2O3/c12-11(13,14)10(19)16-8-7(9(17)18)5-3-1-2-4-6(5)15-8/h1-4,15H,(H,16,19)(H,17,18). The van der Waals surface area contributed by atoms with E-state index in [4.69, 9.17) is 5.11 Å². The summed E-state index contributed by atoms with van der Waals surface area (Å²) in [5, 5.41) is 10.8. The molecule has 2 rings (SSSR count). The van der Waals surface area contributed by atoms with Gasteiger partial charge in [0.25, 0.3) is 0 Å². The highest BCUT2D eigenvalue weighted by Gasteiger charge is 2.39. The van der Waals surface area contributed by atoms with E-state index in [-0.39, 0.29) is 5.39 Å². The second kappa shape index (κ2) is 4.30. The van der Waals surface area contributed by atoms with Crippen molar-refractivity contribution in [1.82, 2.24) is 4.98 Å². The number of benzene rings is 1. The minimum Gasteiger partial charge on any atom is -0.478 e. The average Bonchev–Trinajstić information content (AvgIpc) is 2.65. The summed E-state index contributed by atoms with van der Waals surface area (Å²) >= 11 is 0. The highest BCUT2D eigenvalue weighted by molar-refractivity contribution is 6.11. The zero-order valence-corrected chi connectivity index (χ0v) is 9.21. The van der Waals surface area contributed by atoms with E-state index >= 15 is 0 Å². The topological polar surface area (TPSA) is 82.2 Å². The number of carboxylic acid groups (broad SMARTS) is 1. The second-order valence-electron chi connectivity index (χ2n) is 3.68. The summed E-state index contributed by atoms with van der Waals surface area (Å²) in [7, 11) is 0. The van der Waals surface area contributed by atoms with Gasteiger partial charge in [-0.25, -0.2) is 4.79 Å². The number of anilines is 1. The van der Waals surface area contributed by atoms with Crippen LogP contribution in [0.25, 0.3) is 10.9 Å². The number of nitrogens with one attached hydrogen (secondary N) is 2. The smallest absolute Gasteiger partial charge is 0.471 e. The lowest BCUT2D eigenvalue weighted by Gasteiger charge is -2.06. The van der Waals surface area contributed by atoms with Crippen molar-refractivity contribution in [3.8, 4) is 0 Å². The summed E-state index contributed by atoms with van der Waals surface area (Å²) in [6, 6.07) is 6.04.